The summed E-state index contributed by atoms with van der Waals surface area (Å²) in [7, 11) is 1.66. The summed E-state index contributed by atoms with van der Waals surface area (Å²) in [4.78, 5) is 0. The molecule has 29 heavy (non-hydrogen) atoms. The molecule has 0 amide bonds. The van der Waals surface area contributed by atoms with E-state index in [-0.39, 0.29) is 0 Å². The molecular weight excluding hydrogens is 386 g/mol. The summed E-state index contributed by atoms with van der Waals surface area (Å²) < 4.78 is 13.4. The number of nitrogens with zero attached hydrogens (tertiary/aromatic N) is 5. The van der Waals surface area contributed by atoms with Crippen molar-refractivity contribution in [1.82, 2.24) is 25.0 Å². The highest BCUT2D eigenvalue weighted by Gasteiger charge is 2.17. The van der Waals surface area contributed by atoms with Gasteiger partial charge in [-0.2, -0.15) is 0 Å². The second-order valence-electron chi connectivity index (χ2n) is 6.41. The summed E-state index contributed by atoms with van der Waals surface area (Å²) in [5.74, 6) is 3.14. The van der Waals surface area contributed by atoms with E-state index in [9.17, 15) is 0 Å². The van der Waals surface area contributed by atoms with Gasteiger partial charge in [0.15, 0.2) is 11.0 Å². The Bertz CT molecular complexity index is 1120. The van der Waals surface area contributed by atoms with Crippen molar-refractivity contribution in [2.45, 2.75) is 31.3 Å². The van der Waals surface area contributed by atoms with Gasteiger partial charge in [0, 0.05) is 12.1 Å². The summed E-state index contributed by atoms with van der Waals surface area (Å²) in [6.45, 7) is 4.84. The Labute approximate surface area is 173 Å². The van der Waals surface area contributed by atoms with Crippen LogP contribution in [-0.4, -0.2) is 32.1 Å². The van der Waals surface area contributed by atoms with E-state index in [1.807, 2.05) is 55.5 Å². The van der Waals surface area contributed by atoms with E-state index in [1.54, 1.807) is 7.11 Å². The molecule has 0 atom stereocenters. The number of aryl methyl sites for hydroxylation is 1. The number of para-hydroxylation sites is 1. The van der Waals surface area contributed by atoms with E-state index in [2.05, 4.69) is 31.9 Å². The van der Waals surface area contributed by atoms with Gasteiger partial charge < -0.3 is 13.7 Å². The van der Waals surface area contributed by atoms with E-state index < -0.39 is 0 Å². The molecule has 2 aromatic heterocycles. The Hall–Kier alpha value is -3.13. The first kappa shape index (κ1) is 19.2. The first-order valence-electron chi connectivity index (χ1n) is 9.28. The Morgan fingerprint density at radius 1 is 1.03 bits per heavy atom. The predicted octanol–water partition coefficient (Wildman–Crippen LogP) is 4.62. The van der Waals surface area contributed by atoms with Crippen molar-refractivity contribution in [3.63, 3.8) is 0 Å². The van der Waals surface area contributed by atoms with E-state index in [4.69, 9.17) is 9.15 Å². The summed E-state index contributed by atoms with van der Waals surface area (Å²) in [5.41, 5.74) is 2.98. The summed E-state index contributed by atoms with van der Waals surface area (Å²) in [6, 6.07) is 15.8. The zero-order chi connectivity index (χ0) is 20.2. The van der Waals surface area contributed by atoms with Crippen molar-refractivity contribution in [3.05, 3.63) is 60.0 Å². The lowest BCUT2D eigenvalue weighted by molar-refractivity contribution is 0.416. The van der Waals surface area contributed by atoms with E-state index in [0.29, 0.717) is 17.5 Å². The molecule has 4 aromatic rings. The van der Waals surface area contributed by atoms with Crippen molar-refractivity contribution in [1.29, 1.82) is 0 Å². The normalized spacial score (nSPS) is 11.0. The maximum absolute atomic E-state index is 5.83. The van der Waals surface area contributed by atoms with Crippen LogP contribution < -0.4 is 4.74 Å². The minimum absolute atomic E-state index is 0.517. The van der Waals surface area contributed by atoms with Gasteiger partial charge in [-0.25, -0.2) is 0 Å². The highest BCUT2D eigenvalue weighted by atomic mass is 32.2. The van der Waals surface area contributed by atoms with Crippen LogP contribution in [0.4, 0.5) is 0 Å². The van der Waals surface area contributed by atoms with Gasteiger partial charge in [-0.15, -0.1) is 20.4 Å². The number of hydrogen-bond acceptors (Lipinski definition) is 7. The topological polar surface area (TPSA) is 78.9 Å². The zero-order valence-corrected chi connectivity index (χ0v) is 17.3. The average Bonchev–Trinajstić information content (AvgIpc) is 3.39. The second kappa shape index (κ2) is 8.48. The Kier molecular flexibility index (Phi) is 5.62. The maximum Gasteiger partial charge on any atom is 0.247 e. The fraction of sp³-hybridized carbons (Fsp3) is 0.238. The van der Waals surface area contributed by atoms with Gasteiger partial charge in [0.05, 0.1) is 18.4 Å². The number of hydrogen-bond donors (Lipinski definition) is 0. The third-order valence-electron chi connectivity index (χ3n) is 4.44. The molecule has 0 aliphatic heterocycles. The molecule has 0 saturated heterocycles. The molecular formula is C21H21N5O2S. The van der Waals surface area contributed by atoms with Gasteiger partial charge in [0.25, 0.3) is 0 Å². The van der Waals surface area contributed by atoms with Crippen LogP contribution in [0.15, 0.2) is 58.1 Å². The SMILES string of the molecule is CCn1c(SCc2nnc(-c3cccc(C)c3)o2)nnc1-c1ccccc1OC. The van der Waals surface area contributed by atoms with E-state index in [1.165, 1.54) is 11.8 Å². The van der Waals surface area contributed by atoms with E-state index >= 15 is 0 Å². The summed E-state index contributed by atoms with van der Waals surface area (Å²) in [5, 5.41) is 17.9. The summed E-state index contributed by atoms with van der Waals surface area (Å²) in [6.07, 6.45) is 0. The van der Waals surface area contributed by atoms with Crippen molar-refractivity contribution < 1.29 is 9.15 Å². The third-order valence-corrected chi connectivity index (χ3v) is 5.39. The quantitative estimate of drug-likeness (QED) is 0.413. The largest absolute Gasteiger partial charge is 0.496 e. The highest BCUT2D eigenvalue weighted by molar-refractivity contribution is 7.98. The number of methoxy groups -OCH3 is 1. The van der Waals surface area contributed by atoms with Gasteiger partial charge in [0.2, 0.25) is 11.8 Å². The maximum atomic E-state index is 5.83. The van der Waals surface area contributed by atoms with Crippen molar-refractivity contribution in [2.24, 2.45) is 0 Å². The molecule has 2 aromatic carbocycles. The Morgan fingerprint density at radius 2 is 1.90 bits per heavy atom. The lowest BCUT2D eigenvalue weighted by Crippen LogP contribution is -2.01. The molecule has 0 radical (unpaired) electrons. The first-order valence-corrected chi connectivity index (χ1v) is 10.3. The van der Waals surface area contributed by atoms with Gasteiger partial charge in [0.1, 0.15) is 5.75 Å². The minimum atomic E-state index is 0.517. The van der Waals surface area contributed by atoms with Gasteiger partial charge in [-0.3, -0.25) is 0 Å². The van der Waals surface area contributed by atoms with Gasteiger partial charge in [-0.1, -0.05) is 41.6 Å². The Balaban J connectivity index is 1.53. The molecule has 8 heteroatoms. The average molecular weight is 407 g/mol. The number of benzene rings is 2. The molecule has 4 rings (SSSR count). The number of rotatable bonds is 7. The van der Waals surface area contributed by atoms with Crippen LogP contribution in [0.25, 0.3) is 22.8 Å². The molecule has 2 heterocycles. The predicted molar refractivity (Wildman–Crippen MR) is 112 cm³/mol. The van der Waals surface area contributed by atoms with Crippen LogP contribution in [0.3, 0.4) is 0 Å². The molecule has 0 aliphatic carbocycles. The number of aromatic nitrogens is 5. The molecule has 0 aliphatic rings. The van der Waals surface area contributed by atoms with Crippen molar-refractivity contribution >= 4 is 11.8 Å². The molecule has 0 spiro atoms. The number of thioether (sulfide) groups is 1. The lowest BCUT2D eigenvalue weighted by atomic mass is 10.1. The van der Waals surface area contributed by atoms with Crippen LogP contribution in [0, 0.1) is 6.92 Å². The summed E-state index contributed by atoms with van der Waals surface area (Å²) >= 11 is 1.52. The molecule has 0 fully saturated rings. The Morgan fingerprint density at radius 3 is 2.69 bits per heavy atom. The fourth-order valence-electron chi connectivity index (χ4n) is 3.04. The van der Waals surface area contributed by atoms with Crippen molar-refractivity contribution in [3.8, 4) is 28.6 Å². The highest BCUT2D eigenvalue weighted by Crippen LogP contribution is 2.31. The third kappa shape index (κ3) is 4.02. The molecule has 0 N–H and O–H groups in total. The van der Waals surface area contributed by atoms with Crippen molar-refractivity contribution in [2.75, 3.05) is 7.11 Å². The monoisotopic (exact) mass is 407 g/mol. The van der Waals surface area contributed by atoms with Crippen LogP contribution >= 0.6 is 11.8 Å². The lowest BCUT2D eigenvalue weighted by Gasteiger charge is -2.09. The van der Waals surface area contributed by atoms with E-state index in [0.717, 1.165) is 40.0 Å². The molecule has 7 nitrogen and oxygen atoms in total. The standard InChI is InChI=1S/C21H21N5O2S/c1-4-26-19(16-10-5-6-11-17(16)27-3)23-25-21(26)29-13-18-22-24-20(28-18)15-9-7-8-14(2)12-15/h5-12H,4,13H2,1-3H3. The van der Waals surface area contributed by atoms with Crippen LogP contribution in [-0.2, 0) is 12.3 Å². The second-order valence-corrected chi connectivity index (χ2v) is 7.35. The van der Waals surface area contributed by atoms with Gasteiger partial charge >= 0.3 is 0 Å². The van der Waals surface area contributed by atoms with Crippen LogP contribution in [0.5, 0.6) is 5.75 Å². The smallest absolute Gasteiger partial charge is 0.247 e. The molecule has 148 valence electrons. The fourth-order valence-corrected chi connectivity index (χ4v) is 3.88. The zero-order valence-electron chi connectivity index (χ0n) is 16.5. The van der Waals surface area contributed by atoms with Crippen LogP contribution in [0.2, 0.25) is 0 Å². The molecule has 0 bridgehead atoms. The minimum Gasteiger partial charge on any atom is -0.496 e. The van der Waals surface area contributed by atoms with Crippen LogP contribution in [0.1, 0.15) is 18.4 Å². The molecule has 0 saturated carbocycles. The number of ether oxygens (including phenoxy) is 1. The first-order chi connectivity index (χ1) is 14.2. The molecule has 0 unspecified atom stereocenters. The van der Waals surface area contributed by atoms with Gasteiger partial charge in [-0.05, 0) is 38.1 Å².